The highest BCUT2D eigenvalue weighted by Crippen LogP contribution is 2.43. The average molecular weight is 586 g/mol. The summed E-state index contributed by atoms with van der Waals surface area (Å²) in [4.78, 5) is 40.4. The van der Waals surface area contributed by atoms with Crippen LogP contribution in [0.3, 0.4) is 0 Å². The van der Waals surface area contributed by atoms with Crippen LogP contribution >= 0.6 is 0 Å². The lowest BCUT2D eigenvalue weighted by Gasteiger charge is -2.31. The Morgan fingerprint density at radius 3 is 2.51 bits per heavy atom. The van der Waals surface area contributed by atoms with Gasteiger partial charge in [0.05, 0.1) is 11.1 Å². The number of carbonyl (C=O) groups excluding carboxylic acids is 3. The molecule has 0 radical (unpaired) electrons. The highest BCUT2D eigenvalue weighted by atomic mass is 16.6. The van der Waals surface area contributed by atoms with Crippen molar-refractivity contribution in [2.45, 2.75) is 77.4 Å². The lowest BCUT2D eigenvalue weighted by atomic mass is 9.80. The largest absolute Gasteiger partial charge is 0.446 e. The van der Waals surface area contributed by atoms with Crippen LogP contribution in [0.4, 0.5) is 10.5 Å². The van der Waals surface area contributed by atoms with Crippen molar-refractivity contribution in [1.29, 1.82) is 0 Å². The minimum absolute atomic E-state index is 0.111. The molecule has 228 valence electrons. The number of alkyl carbamates (subject to hydrolysis) is 1. The first-order valence-electron chi connectivity index (χ1n) is 15.7. The van der Waals surface area contributed by atoms with E-state index < -0.39 is 5.91 Å². The van der Waals surface area contributed by atoms with Crippen LogP contribution < -0.4 is 16.4 Å². The number of aromatic nitrogens is 1. The lowest BCUT2D eigenvalue weighted by Crippen LogP contribution is -2.37. The van der Waals surface area contributed by atoms with E-state index in [1.54, 1.807) is 6.07 Å². The van der Waals surface area contributed by atoms with Crippen molar-refractivity contribution >= 4 is 34.5 Å². The van der Waals surface area contributed by atoms with E-state index in [2.05, 4.69) is 35.4 Å². The zero-order valence-electron chi connectivity index (χ0n) is 25.3. The van der Waals surface area contributed by atoms with Gasteiger partial charge in [0.1, 0.15) is 6.10 Å². The molecule has 3 aromatic rings. The number of hydrogen-bond acceptors (Lipinski definition) is 6. The molecule has 4 N–H and O–H groups in total. The number of anilines is 1. The third-order valence-corrected chi connectivity index (χ3v) is 9.28. The Kier molecular flexibility index (Phi) is 8.18. The standard InChI is InChI=1S/C34H43N5O4/c1-34(2)20-29-31(26-7-3-4-8-28(26)39(29)30(40)21-34)22-9-14-25(32(35)41)27(19-22)37-23-10-12-24(13-11-23)43-33(42)36-15-18-38-16-5-6-17-38/h3-4,7-9,14,19,23-24,37H,5-6,10-13,15-18,20-21H2,1-2H3,(H2,35,41)(H,36,42). The summed E-state index contributed by atoms with van der Waals surface area (Å²) in [6, 6.07) is 13.9. The number of rotatable bonds is 8. The SMILES string of the molecule is CC1(C)CC(=O)n2c(c(-c3ccc(C(N)=O)c(NC4CCC(OC(=O)NCCN5CCCC5)CC4)c3)c3ccccc32)C1. The zero-order valence-corrected chi connectivity index (χ0v) is 25.3. The Morgan fingerprint density at radius 1 is 1.02 bits per heavy atom. The first-order valence-corrected chi connectivity index (χ1v) is 15.7. The molecule has 0 atom stereocenters. The molecule has 1 aromatic heterocycles. The highest BCUT2D eigenvalue weighted by molar-refractivity contribution is 6.06. The van der Waals surface area contributed by atoms with Crippen molar-refractivity contribution in [3.8, 4) is 11.1 Å². The quantitative estimate of drug-likeness (QED) is 0.318. The maximum absolute atomic E-state index is 13.3. The molecule has 0 spiro atoms. The number of likely N-dealkylation sites (tertiary alicyclic amines) is 1. The molecule has 1 aliphatic carbocycles. The lowest BCUT2D eigenvalue weighted by molar-refractivity contribution is 0.0726. The van der Waals surface area contributed by atoms with Crippen LogP contribution in [0, 0.1) is 5.41 Å². The van der Waals surface area contributed by atoms with Crippen LogP contribution in [0.2, 0.25) is 0 Å². The number of benzene rings is 2. The molecule has 1 saturated carbocycles. The zero-order chi connectivity index (χ0) is 30.1. The second-order valence-electron chi connectivity index (χ2n) is 13.2. The molecule has 2 aliphatic heterocycles. The predicted octanol–water partition coefficient (Wildman–Crippen LogP) is 5.56. The smallest absolute Gasteiger partial charge is 0.407 e. The molecule has 2 fully saturated rings. The summed E-state index contributed by atoms with van der Waals surface area (Å²) >= 11 is 0. The van der Waals surface area contributed by atoms with Crippen LogP contribution in [0.1, 0.15) is 79.6 Å². The summed E-state index contributed by atoms with van der Waals surface area (Å²) in [5.41, 5.74) is 10.7. The van der Waals surface area contributed by atoms with E-state index in [0.29, 0.717) is 24.2 Å². The van der Waals surface area contributed by atoms with E-state index in [1.165, 1.54) is 12.8 Å². The van der Waals surface area contributed by atoms with Crippen molar-refractivity contribution in [2.75, 3.05) is 31.5 Å². The molecule has 0 unspecified atom stereocenters. The average Bonchev–Trinajstić information content (AvgIpc) is 3.59. The van der Waals surface area contributed by atoms with E-state index in [-0.39, 0.29) is 29.6 Å². The van der Waals surface area contributed by atoms with Crippen LogP contribution in [-0.4, -0.2) is 65.7 Å². The summed E-state index contributed by atoms with van der Waals surface area (Å²) < 4.78 is 7.59. The predicted molar refractivity (Wildman–Crippen MR) is 168 cm³/mol. The number of fused-ring (bicyclic) bond motifs is 3. The minimum Gasteiger partial charge on any atom is -0.446 e. The molecule has 1 saturated heterocycles. The Morgan fingerprint density at radius 2 is 1.77 bits per heavy atom. The highest BCUT2D eigenvalue weighted by Gasteiger charge is 2.35. The molecule has 3 aliphatic rings. The van der Waals surface area contributed by atoms with Crippen molar-refractivity contribution in [2.24, 2.45) is 11.1 Å². The molecular weight excluding hydrogens is 542 g/mol. The summed E-state index contributed by atoms with van der Waals surface area (Å²) in [7, 11) is 0. The maximum Gasteiger partial charge on any atom is 0.407 e. The van der Waals surface area contributed by atoms with E-state index in [0.717, 1.165) is 79.5 Å². The number of nitrogens with one attached hydrogen (secondary N) is 2. The molecule has 0 bridgehead atoms. The fourth-order valence-electron chi connectivity index (χ4n) is 7.17. The van der Waals surface area contributed by atoms with Gasteiger partial charge >= 0.3 is 6.09 Å². The van der Waals surface area contributed by atoms with Gasteiger partial charge in [0, 0.05) is 47.9 Å². The van der Waals surface area contributed by atoms with Gasteiger partial charge < -0.3 is 26.0 Å². The minimum atomic E-state index is -0.489. The van der Waals surface area contributed by atoms with Gasteiger partial charge in [0.2, 0.25) is 5.91 Å². The number of nitrogens with two attached hydrogens (primary N) is 1. The van der Waals surface area contributed by atoms with Crippen molar-refractivity contribution in [3.05, 3.63) is 53.7 Å². The third kappa shape index (κ3) is 6.27. The molecule has 2 aromatic carbocycles. The van der Waals surface area contributed by atoms with Crippen molar-refractivity contribution < 1.29 is 19.1 Å². The van der Waals surface area contributed by atoms with Gasteiger partial charge in [-0.3, -0.25) is 14.2 Å². The molecule has 43 heavy (non-hydrogen) atoms. The Hall–Kier alpha value is -3.85. The van der Waals surface area contributed by atoms with Gasteiger partial charge in [-0.2, -0.15) is 0 Å². The number of nitrogens with zero attached hydrogens (tertiary/aromatic N) is 2. The third-order valence-electron chi connectivity index (χ3n) is 9.28. The Balaban J connectivity index is 1.17. The Bertz CT molecular complexity index is 1530. The number of para-hydroxylation sites is 1. The molecule has 9 heteroatoms. The van der Waals surface area contributed by atoms with Gasteiger partial charge in [-0.15, -0.1) is 0 Å². The fourth-order valence-corrected chi connectivity index (χ4v) is 7.17. The Labute approximate surface area is 253 Å². The second kappa shape index (κ2) is 12.0. The van der Waals surface area contributed by atoms with Crippen LogP contribution in [-0.2, 0) is 11.2 Å². The number of amides is 2. The number of carbonyl (C=O) groups is 3. The molecule has 9 nitrogen and oxygen atoms in total. The van der Waals surface area contributed by atoms with E-state index >= 15 is 0 Å². The normalized spacial score (nSPS) is 21.9. The first-order chi connectivity index (χ1) is 20.7. The van der Waals surface area contributed by atoms with Gasteiger partial charge in [0.25, 0.3) is 5.91 Å². The number of hydrogen-bond donors (Lipinski definition) is 3. The van der Waals surface area contributed by atoms with E-state index in [4.69, 9.17) is 10.5 Å². The number of ether oxygens (including phenoxy) is 1. The van der Waals surface area contributed by atoms with E-state index in [1.807, 2.05) is 34.9 Å². The second-order valence-corrected chi connectivity index (χ2v) is 13.2. The summed E-state index contributed by atoms with van der Waals surface area (Å²) in [5, 5.41) is 7.51. The molecule has 6 rings (SSSR count). The topological polar surface area (TPSA) is 119 Å². The molecule has 2 amide bonds. The van der Waals surface area contributed by atoms with Crippen LogP contribution in [0.25, 0.3) is 22.0 Å². The van der Waals surface area contributed by atoms with E-state index in [9.17, 15) is 14.4 Å². The van der Waals surface area contributed by atoms with Crippen molar-refractivity contribution in [3.63, 3.8) is 0 Å². The summed E-state index contributed by atoms with van der Waals surface area (Å²) in [5.74, 6) is -0.378. The fraction of sp³-hybridized carbons (Fsp3) is 0.500. The van der Waals surface area contributed by atoms with Gasteiger partial charge in [-0.25, -0.2) is 4.79 Å². The van der Waals surface area contributed by atoms with Crippen LogP contribution in [0.5, 0.6) is 0 Å². The monoisotopic (exact) mass is 585 g/mol. The maximum atomic E-state index is 13.3. The van der Waals surface area contributed by atoms with Gasteiger partial charge in [-0.05, 0) is 87.2 Å². The van der Waals surface area contributed by atoms with Crippen molar-refractivity contribution in [1.82, 2.24) is 14.8 Å². The summed E-state index contributed by atoms with van der Waals surface area (Å²) in [6.07, 6.45) is 6.39. The van der Waals surface area contributed by atoms with Gasteiger partial charge in [0.15, 0.2) is 0 Å². The summed E-state index contributed by atoms with van der Waals surface area (Å²) in [6.45, 7) is 7.96. The van der Waals surface area contributed by atoms with Crippen LogP contribution in [0.15, 0.2) is 42.5 Å². The van der Waals surface area contributed by atoms with Gasteiger partial charge in [-0.1, -0.05) is 38.1 Å². The molecule has 3 heterocycles. The molecular formula is C34H43N5O4. The number of primary amides is 1. The first kappa shape index (κ1) is 29.2.